The summed E-state index contributed by atoms with van der Waals surface area (Å²) in [4.78, 5) is 81.9. The number of carbonyl (C=O) groups excluding carboxylic acids is 5. The lowest BCUT2D eigenvalue weighted by Gasteiger charge is -2.30. The van der Waals surface area contributed by atoms with Crippen molar-refractivity contribution in [2.24, 2.45) is 11.7 Å². The molecule has 3 aromatic carbocycles. The van der Waals surface area contributed by atoms with Crippen molar-refractivity contribution in [1.82, 2.24) is 26.2 Å². The maximum Gasteiger partial charge on any atom is 0.326 e. The first-order valence-electron chi connectivity index (χ1n) is 19.3. The fourth-order valence-electron chi connectivity index (χ4n) is 6.16. The van der Waals surface area contributed by atoms with E-state index in [1.165, 1.54) is 74.2 Å². The number of aliphatic carboxylic acids is 1. The van der Waals surface area contributed by atoms with Crippen LogP contribution in [0, 0.1) is 5.92 Å². The van der Waals surface area contributed by atoms with E-state index in [0.717, 1.165) is 0 Å². The molecule has 18 nitrogen and oxygen atoms in total. The molecule has 0 saturated heterocycles. The number of hydrogen-bond acceptors (Lipinski definition) is 13. The summed E-state index contributed by atoms with van der Waals surface area (Å²) in [5.41, 5.74) is 7.81. The molecule has 0 aliphatic carbocycles. The second-order valence-electron chi connectivity index (χ2n) is 14.7. The Labute approximate surface area is 358 Å². The molecular formula is C42H56N6O12S. The Morgan fingerprint density at radius 1 is 0.738 bits per heavy atom. The van der Waals surface area contributed by atoms with Gasteiger partial charge in [-0.25, -0.2) is 4.79 Å². The highest BCUT2D eigenvalue weighted by molar-refractivity contribution is 7.98. The average molecular weight is 869 g/mol. The first kappa shape index (κ1) is 49.3. The number of phenols is 2. The third kappa shape index (κ3) is 15.2. The van der Waals surface area contributed by atoms with Crippen LogP contribution in [0.1, 0.15) is 43.9 Å². The molecular weight excluding hydrogens is 813 g/mol. The van der Waals surface area contributed by atoms with Crippen LogP contribution in [0.4, 0.5) is 0 Å². The molecule has 10 N–H and O–H groups in total. The van der Waals surface area contributed by atoms with Crippen molar-refractivity contribution in [3.63, 3.8) is 0 Å². The van der Waals surface area contributed by atoms with Crippen LogP contribution in [0.25, 0.3) is 0 Å². The molecule has 0 spiro atoms. The number of carbonyl (C=O) groups is 6. The SMILES string of the molecule is COc1cc(CN(CC(=O)N[C@@H](C)C(=O)N[C@@H](Cc2ccc(O)cc2)C(=O)O)C(=O)[C@H](CC(C)C)NC(=O)[C@H](CO)NC(=O)[C@@H](N)Cc2ccc(O)cc2)c(SC)cc1OC. The van der Waals surface area contributed by atoms with Gasteiger partial charge in [0, 0.05) is 17.9 Å². The van der Waals surface area contributed by atoms with Crippen molar-refractivity contribution in [2.45, 2.75) is 81.7 Å². The predicted molar refractivity (Wildman–Crippen MR) is 226 cm³/mol. The average Bonchev–Trinajstić information content (AvgIpc) is 3.22. The van der Waals surface area contributed by atoms with Crippen molar-refractivity contribution >= 4 is 47.3 Å². The van der Waals surface area contributed by atoms with Crippen LogP contribution in [-0.4, -0.2) is 125 Å². The second-order valence-corrected chi connectivity index (χ2v) is 15.5. The van der Waals surface area contributed by atoms with Crippen LogP contribution in [0.5, 0.6) is 23.0 Å². The number of methoxy groups -OCH3 is 2. The number of aliphatic hydroxyl groups is 1. The zero-order chi connectivity index (χ0) is 45.4. The maximum atomic E-state index is 14.6. The highest BCUT2D eigenvalue weighted by Crippen LogP contribution is 2.35. The normalized spacial score (nSPS) is 13.5. The molecule has 0 heterocycles. The van der Waals surface area contributed by atoms with Crippen LogP contribution < -0.4 is 36.5 Å². The van der Waals surface area contributed by atoms with E-state index in [1.54, 1.807) is 30.5 Å². The van der Waals surface area contributed by atoms with Crippen LogP contribution in [0.15, 0.2) is 65.6 Å². The highest BCUT2D eigenvalue weighted by atomic mass is 32.2. The highest BCUT2D eigenvalue weighted by Gasteiger charge is 2.33. The van der Waals surface area contributed by atoms with Crippen molar-refractivity contribution in [1.29, 1.82) is 0 Å². The zero-order valence-corrected chi connectivity index (χ0v) is 35.8. The number of aromatic hydroxyl groups is 2. The molecule has 0 unspecified atom stereocenters. The Hall–Kier alpha value is -6.05. The second kappa shape index (κ2) is 23.7. The third-order valence-corrected chi connectivity index (χ3v) is 10.2. The van der Waals surface area contributed by atoms with E-state index < -0.39 is 78.9 Å². The number of benzene rings is 3. The Bertz CT molecular complexity index is 1980. The zero-order valence-electron chi connectivity index (χ0n) is 35.0. The lowest BCUT2D eigenvalue weighted by Crippen LogP contribution is -2.58. The quantitative estimate of drug-likeness (QED) is 0.0604. The van der Waals surface area contributed by atoms with Gasteiger partial charge in [-0.05, 0) is 85.0 Å². The fraction of sp³-hybridized carbons (Fsp3) is 0.429. The molecule has 0 saturated carbocycles. The standard InChI is InChI=1S/C42H56N6O12S/c1-23(2)15-31(45-40(55)33(22-49)47-39(54)30(43)16-25-7-11-28(50)12-8-25)41(56)48(20-27-18-34(59-4)35(60-5)19-36(27)61-6)21-37(52)44-24(3)38(53)46-32(42(57)58)17-26-9-13-29(51)14-10-26/h7-14,18-19,23-24,30-33,49-51H,15-17,20-22,43H2,1-6H3,(H,44,52)(H,45,55)(H,46,53)(H,47,54)(H,57,58)/t24-,30-,31-,32-,33-/m0/s1. The van der Waals surface area contributed by atoms with E-state index in [2.05, 4.69) is 21.3 Å². The van der Waals surface area contributed by atoms with E-state index in [0.29, 0.717) is 33.1 Å². The fourth-order valence-corrected chi connectivity index (χ4v) is 6.77. The maximum absolute atomic E-state index is 14.6. The van der Waals surface area contributed by atoms with Gasteiger partial charge in [0.05, 0.1) is 33.4 Å². The van der Waals surface area contributed by atoms with Crippen molar-refractivity contribution in [2.75, 3.05) is 33.6 Å². The van der Waals surface area contributed by atoms with Crippen LogP contribution in [0.3, 0.4) is 0 Å². The van der Waals surface area contributed by atoms with Crippen molar-refractivity contribution in [3.8, 4) is 23.0 Å². The van der Waals surface area contributed by atoms with E-state index in [1.807, 2.05) is 13.8 Å². The van der Waals surface area contributed by atoms with Gasteiger partial charge < -0.3 is 61.8 Å². The number of thioether (sulfide) groups is 1. The third-order valence-electron chi connectivity index (χ3n) is 9.42. The largest absolute Gasteiger partial charge is 0.508 e. The van der Waals surface area contributed by atoms with Crippen LogP contribution in [0.2, 0.25) is 0 Å². The lowest BCUT2D eigenvalue weighted by atomic mass is 10.0. The summed E-state index contributed by atoms with van der Waals surface area (Å²) in [7, 11) is 2.91. The van der Waals surface area contributed by atoms with Gasteiger partial charge in [0.1, 0.15) is 35.7 Å². The first-order chi connectivity index (χ1) is 28.9. The number of ether oxygens (including phenoxy) is 2. The van der Waals surface area contributed by atoms with Gasteiger partial charge in [-0.2, -0.15) is 0 Å². The van der Waals surface area contributed by atoms with Gasteiger partial charge in [0.25, 0.3) is 0 Å². The minimum absolute atomic E-state index is 0.0143. The van der Waals surface area contributed by atoms with Gasteiger partial charge in [0.2, 0.25) is 29.5 Å². The minimum atomic E-state index is -1.51. The summed E-state index contributed by atoms with van der Waals surface area (Å²) in [6.45, 7) is 3.33. The molecule has 0 fully saturated rings. The number of amides is 5. The van der Waals surface area contributed by atoms with Crippen LogP contribution in [-0.2, 0) is 48.2 Å². The summed E-state index contributed by atoms with van der Waals surface area (Å²) < 4.78 is 10.9. The van der Waals surface area contributed by atoms with E-state index in [9.17, 15) is 49.2 Å². The van der Waals surface area contributed by atoms with Crippen molar-refractivity contribution in [3.05, 3.63) is 77.4 Å². The summed E-state index contributed by atoms with van der Waals surface area (Å²) in [6, 6.07) is 8.67. The van der Waals surface area contributed by atoms with E-state index in [-0.39, 0.29) is 43.2 Å². The monoisotopic (exact) mass is 868 g/mol. The number of carboxylic acids is 1. The molecule has 3 aromatic rings. The van der Waals surface area contributed by atoms with E-state index >= 15 is 0 Å². The number of phenolic OH excluding ortho intramolecular Hbond substituents is 2. The van der Waals surface area contributed by atoms with Gasteiger partial charge in [-0.1, -0.05) is 38.1 Å². The van der Waals surface area contributed by atoms with Gasteiger partial charge in [-0.3, -0.25) is 24.0 Å². The minimum Gasteiger partial charge on any atom is -0.508 e. The van der Waals surface area contributed by atoms with Gasteiger partial charge in [0.15, 0.2) is 11.5 Å². The molecule has 3 rings (SSSR count). The van der Waals surface area contributed by atoms with E-state index in [4.69, 9.17) is 15.2 Å². The number of nitrogens with zero attached hydrogens (tertiary/aromatic N) is 1. The van der Waals surface area contributed by atoms with Crippen molar-refractivity contribution < 1.29 is 58.7 Å². The first-order valence-corrected chi connectivity index (χ1v) is 20.5. The Morgan fingerprint density at radius 2 is 1.26 bits per heavy atom. The summed E-state index contributed by atoms with van der Waals surface area (Å²) >= 11 is 1.34. The topological polar surface area (TPSA) is 279 Å². The number of nitrogens with one attached hydrogen (secondary N) is 4. The lowest BCUT2D eigenvalue weighted by molar-refractivity contribution is -0.143. The summed E-state index contributed by atoms with van der Waals surface area (Å²) in [6.07, 6.45) is 1.83. The number of rotatable bonds is 23. The Balaban J connectivity index is 1.87. The molecule has 61 heavy (non-hydrogen) atoms. The molecule has 19 heteroatoms. The van der Waals surface area contributed by atoms with Crippen LogP contribution >= 0.6 is 11.8 Å². The Kier molecular flexibility index (Phi) is 19.1. The summed E-state index contributed by atoms with van der Waals surface area (Å²) in [5, 5.41) is 49.1. The number of aliphatic hydroxyl groups excluding tert-OH is 1. The molecule has 0 radical (unpaired) electrons. The molecule has 0 aliphatic heterocycles. The number of nitrogens with two attached hydrogens (primary N) is 1. The number of hydrogen-bond donors (Lipinski definition) is 9. The van der Waals surface area contributed by atoms with Gasteiger partial charge in [-0.15, -0.1) is 11.8 Å². The Morgan fingerprint density at radius 3 is 1.77 bits per heavy atom. The number of carboxylic acid groups (broad SMARTS) is 1. The van der Waals surface area contributed by atoms with Gasteiger partial charge >= 0.3 is 5.97 Å². The molecule has 0 bridgehead atoms. The summed E-state index contributed by atoms with van der Waals surface area (Å²) in [5.74, 6) is -4.67. The molecule has 0 aliphatic rings. The molecule has 5 amide bonds. The smallest absolute Gasteiger partial charge is 0.326 e. The molecule has 0 aromatic heterocycles. The molecule has 332 valence electrons. The predicted octanol–water partition coefficient (Wildman–Crippen LogP) is 1.06. The molecule has 5 atom stereocenters.